The minimum absolute atomic E-state index is 0.0178. The van der Waals surface area contributed by atoms with Crippen molar-refractivity contribution in [1.82, 2.24) is 35.1 Å². The van der Waals surface area contributed by atoms with E-state index in [1.165, 1.54) is 7.11 Å². The van der Waals surface area contributed by atoms with Gasteiger partial charge < -0.3 is 39.1 Å². The maximum atomic E-state index is 14.0. The average Bonchev–Trinajstić information content (AvgIpc) is 4.01. The number of nitrogens with one attached hydrogen (secondary N) is 3. The molecule has 5 heterocycles. The van der Waals surface area contributed by atoms with Crippen molar-refractivity contribution in [1.29, 1.82) is 0 Å². The second kappa shape index (κ2) is 15.6. The fourth-order valence-electron chi connectivity index (χ4n) is 9.01. The van der Waals surface area contributed by atoms with Gasteiger partial charge in [0.2, 0.25) is 18.2 Å². The number of aromatic nitrogens is 4. The lowest BCUT2D eigenvalue weighted by molar-refractivity contribution is -0.146. The topological polar surface area (TPSA) is 158 Å². The zero-order valence-corrected chi connectivity index (χ0v) is 33.1. The van der Waals surface area contributed by atoms with Gasteiger partial charge in [-0.2, -0.15) is 0 Å². The lowest BCUT2D eigenvalue weighted by atomic mass is 9.92. The van der Waals surface area contributed by atoms with Crippen LogP contribution in [-0.4, -0.2) is 92.5 Å². The standard InChI is InChI=1S/C43H53N7O6/c1-7-8-37(51)49-20-25(21-54-5)15-35(49)40-44-19-33(46-40)27-10-12-29-28(16-27)22-56-36-18-30-26(17-31(29)36)11-13-32-39(30)47-41(45-32)34-14-9-24(4)50(34)42(52)38(23(2)3)48-43(53)55-6/h10-13,16-19,23-25,34-35,38,43,48,53H,7-9,14-15,20-22H2,1-6H3,(H,44,46)(H,45,47)/t24-,25?,34-,35-,38?,43?/m0/s1. The number of methoxy groups -OCH3 is 2. The van der Waals surface area contributed by atoms with E-state index in [1.807, 2.05) is 36.8 Å². The van der Waals surface area contributed by atoms with Crippen LogP contribution in [0.3, 0.4) is 0 Å². The van der Waals surface area contributed by atoms with Crippen molar-refractivity contribution < 1.29 is 28.9 Å². The third-order valence-corrected chi connectivity index (χ3v) is 11.9. The van der Waals surface area contributed by atoms with Crippen LogP contribution in [0.2, 0.25) is 0 Å². The molecule has 8 rings (SSSR count). The summed E-state index contributed by atoms with van der Waals surface area (Å²) in [4.78, 5) is 47.9. The summed E-state index contributed by atoms with van der Waals surface area (Å²) < 4.78 is 16.9. The fourth-order valence-corrected chi connectivity index (χ4v) is 9.01. The normalized spacial score (nSPS) is 21.8. The van der Waals surface area contributed by atoms with E-state index in [-0.39, 0.29) is 41.8 Å². The maximum absolute atomic E-state index is 14.0. The van der Waals surface area contributed by atoms with E-state index in [4.69, 9.17) is 24.2 Å². The fraction of sp³-hybridized carbons (Fsp3) is 0.488. The highest BCUT2D eigenvalue weighted by Gasteiger charge is 2.41. The first-order chi connectivity index (χ1) is 27.1. The monoisotopic (exact) mass is 763 g/mol. The van der Waals surface area contributed by atoms with Gasteiger partial charge in [0.1, 0.15) is 24.0 Å². The third kappa shape index (κ3) is 6.95. The highest BCUT2D eigenvalue weighted by Crippen LogP contribution is 2.44. The summed E-state index contributed by atoms with van der Waals surface area (Å²) in [7, 11) is 3.11. The van der Waals surface area contributed by atoms with E-state index in [0.717, 1.165) is 92.8 Å². The number of nitrogens with zero attached hydrogens (tertiary/aromatic N) is 4. The predicted octanol–water partition coefficient (Wildman–Crippen LogP) is 6.59. The molecule has 2 aromatic heterocycles. The molecule has 5 aromatic rings. The number of rotatable bonds is 12. The minimum Gasteiger partial charge on any atom is -0.488 e. The smallest absolute Gasteiger partial charge is 0.240 e. The van der Waals surface area contributed by atoms with Crippen molar-refractivity contribution in [3.8, 4) is 28.1 Å². The molecule has 2 saturated heterocycles. The number of likely N-dealkylation sites (tertiary alicyclic amines) is 2. The number of H-pyrrole nitrogens is 2. The molecule has 3 unspecified atom stereocenters. The molecular formula is C43H53N7O6. The average molecular weight is 764 g/mol. The molecule has 3 aliphatic heterocycles. The number of aliphatic hydroxyl groups is 1. The summed E-state index contributed by atoms with van der Waals surface area (Å²) in [6.07, 6.45) is 4.42. The summed E-state index contributed by atoms with van der Waals surface area (Å²) in [5, 5.41) is 15.1. The van der Waals surface area contributed by atoms with Crippen LogP contribution in [-0.2, 0) is 25.7 Å². The molecule has 0 bridgehead atoms. The molecule has 56 heavy (non-hydrogen) atoms. The van der Waals surface area contributed by atoms with Crippen LogP contribution >= 0.6 is 0 Å². The zero-order chi connectivity index (χ0) is 39.2. The Balaban J connectivity index is 1.06. The molecule has 0 aliphatic carbocycles. The Kier molecular flexibility index (Phi) is 10.6. The first-order valence-corrected chi connectivity index (χ1v) is 19.9. The van der Waals surface area contributed by atoms with Crippen molar-refractivity contribution >= 4 is 33.6 Å². The van der Waals surface area contributed by atoms with Crippen molar-refractivity contribution in [3.05, 3.63) is 65.9 Å². The van der Waals surface area contributed by atoms with Crippen molar-refractivity contribution in [2.75, 3.05) is 27.4 Å². The Morgan fingerprint density at radius 3 is 2.66 bits per heavy atom. The second-order valence-electron chi connectivity index (χ2n) is 16.0. The number of amides is 2. The molecule has 2 fully saturated rings. The van der Waals surface area contributed by atoms with Crippen LogP contribution in [0.4, 0.5) is 0 Å². The van der Waals surface area contributed by atoms with Gasteiger partial charge in [0.05, 0.1) is 47.7 Å². The number of hydrogen-bond donors (Lipinski definition) is 4. The molecule has 0 radical (unpaired) electrons. The molecule has 3 aliphatic rings. The lowest BCUT2D eigenvalue weighted by Gasteiger charge is -2.34. The number of hydrogen-bond acceptors (Lipinski definition) is 9. The largest absolute Gasteiger partial charge is 0.488 e. The Labute approximate surface area is 327 Å². The van der Waals surface area contributed by atoms with Crippen LogP contribution in [0.1, 0.15) is 89.1 Å². The molecule has 0 spiro atoms. The number of benzene rings is 3. The van der Waals surface area contributed by atoms with E-state index in [2.05, 4.69) is 64.7 Å². The van der Waals surface area contributed by atoms with Gasteiger partial charge in [-0.3, -0.25) is 14.9 Å². The molecule has 2 amide bonds. The molecule has 6 atom stereocenters. The molecule has 13 nitrogen and oxygen atoms in total. The Bertz CT molecular complexity index is 2250. The molecule has 13 heteroatoms. The number of imidazole rings is 2. The number of carbonyl (C=O) groups excluding carboxylic acids is 2. The molecule has 4 N–H and O–H groups in total. The highest BCUT2D eigenvalue weighted by atomic mass is 16.6. The van der Waals surface area contributed by atoms with E-state index in [1.54, 1.807) is 7.11 Å². The van der Waals surface area contributed by atoms with Crippen LogP contribution in [0, 0.1) is 11.8 Å². The highest BCUT2D eigenvalue weighted by molar-refractivity contribution is 6.07. The van der Waals surface area contributed by atoms with E-state index < -0.39 is 12.5 Å². The molecule has 296 valence electrons. The van der Waals surface area contributed by atoms with Gasteiger partial charge in [0.15, 0.2) is 0 Å². The number of aromatic amines is 2. The quantitative estimate of drug-likeness (QED) is 0.103. The summed E-state index contributed by atoms with van der Waals surface area (Å²) in [6, 6.07) is 13.9. The van der Waals surface area contributed by atoms with Gasteiger partial charge >= 0.3 is 0 Å². The Morgan fingerprint density at radius 2 is 1.89 bits per heavy atom. The Hall–Kier alpha value is -4.82. The Morgan fingerprint density at radius 1 is 1.05 bits per heavy atom. The van der Waals surface area contributed by atoms with Crippen molar-refractivity contribution in [3.63, 3.8) is 0 Å². The van der Waals surface area contributed by atoms with Gasteiger partial charge in [0.25, 0.3) is 0 Å². The van der Waals surface area contributed by atoms with E-state index in [9.17, 15) is 14.7 Å². The van der Waals surface area contributed by atoms with E-state index >= 15 is 0 Å². The summed E-state index contributed by atoms with van der Waals surface area (Å²) in [6.45, 7) is 9.74. The first-order valence-electron chi connectivity index (χ1n) is 19.9. The van der Waals surface area contributed by atoms with Gasteiger partial charge in [0, 0.05) is 50.1 Å². The van der Waals surface area contributed by atoms with Crippen LogP contribution in [0.15, 0.2) is 48.7 Å². The van der Waals surface area contributed by atoms with Crippen molar-refractivity contribution in [2.24, 2.45) is 11.8 Å². The number of ether oxygens (including phenoxy) is 3. The van der Waals surface area contributed by atoms with Gasteiger partial charge in [-0.1, -0.05) is 39.0 Å². The zero-order valence-electron chi connectivity index (χ0n) is 33.1. The van der Waals surface area contributed by atoms with Crippen LogP contribution in [0.5, 0.6) is 5.75 Å². The van der Waals surface area contributed by atoms with E-state index in [0.29, 0.717) is 26.2 Å². The van der Waals surface area contributed by atoms with Gasteiger partial charge in [-0.15, -0.1) is 0 Å². The molecule has 0 saturated carbocycles. The molecular weight excluding hydrogens is 711 g/mol. The van der Waals surface area contributed by atoms with Gasteiger partial charge in [-0.05, 0) is 84.9 Å². The third-order valence-electron chi connectivity index (χ3n) is 11.9. The predicted molar refractivity (Wildman–Crippen MR) is 213 cm³/mol. The summed E-state index contributed by atoms with van der Waals surface area (Å²) >= 11 is 0. The maximum Gasteiger partial charge on any atom is 0.240 e. The number of aliphatic hydroxyl groups excluding tert-OH is 1. The van der Waals surface area contributed by atoms with Crippen LogP contribution < -0.4 is 10.1 Å². The number of carbonyl (C=O) groups is 2. The number of fused-ring (bicyclic) bond motifs is 6. The van der Waals surface area contributed by atoms with Gasteiger partial charge in [-0.25, -0.2) is 9.97 Å². The summed E-state index contributed by atoms with van der Waals surface area (Å²) in [5.74, 6) is 2.66. The van der Waals surface area contributed by atoms with Crippen molar-refractivity contribution in [2.45, 2.75) is 97.0 Å². The van der Waals surface area contributed by atoms with Crippen LogP contribution in [0.25, 0.3) is 44.2 Å². The molecule has 3 aromatic carbocycles. The minimum atomic E-state index is -1.24. The first kappa shape index (κ1) is 38.1. The SMILES string of the molecule is CCCC(=O)N1CC(COC)C[C@H]1c1ncc(-c2ccc3c(c2)COc2cc4c(ccc5[nH]c([C@@H]6CC[C@H](C)N6C(=O)C(NC(O)OC)C(C)C)nc54)cc2-3)[nH]1. The summed E-state index contributed by atoms with van der Waals surface area (Å²) in [5.41, 5.74) is 6.89. The second-order valence-corrected chi connectivity index (χ2v) is 16.0. The lowest BCUT2D eigenvalue weighted by Crippen LogP contribution is -2.54.